The lowest BCUT2D eigenvalue weighted by Crippen LogP contribution is -2.17. The Labute approximate surface area is 128 Å². The minimum atomic E-state index is -0.0914. The Bertz CT molecular complexity index is 759. The van der Waals surface area contributed by atoms with Crippen LogP contribution in [0.2, 0.25) is 5.02 Å². The van der Waals surface area contributed by atoms with Gasteiger partial charge in [0.1, 0.15) is 0 Å². The molecule has 3 heteroatoms. The first-order chi connectivity index (χ1) is 10.1. The van der Waals surface area contributed by atoms with Crippen LogP contribution in [0.5, 0.6) is 0 Å². The minimum absolute atomic E-state index is 0.0489. The van der Waals surface area contributed by atoms with Gasteiger partial charge in [-0.3, -0.25) is 9.59 Å². The Morgan fingerprint density at radius 1 is 0.857 bits per heavy atom. The van der Waals surface area contributed by atoms with Crippen molar-refractivity contribution in [1.82, 2.24) is 0 Å². The topological polar surface area (TPSA) is 34.1 Å². The van der Waals surface area contributed by atoms with Gasteiger partial charge >= 0.3 is 0 Å². The zero-order valence-electron chi connectivity index (χ0n) is 11.3. The second-order valence-corrected chi connectivity index (χ2v) is 5.47. The number of ketones is 2. The summed E-state index contributed by atoms with van der Waals surface area (Å²) in [6.07, 6.45) is 2.70. The third-order valence-corrected chi connectivity index (χ3v) is 3.84. The second-order valence-electron chi connectivity index (χ2n) is 5.04. The van der Waals surface area contributed by atoms with E-state index in [0.29, 0.717) is 34.6 Å². The first-order valence-corrected chi connectivity index (χ1v) is 7.16. The summed E-state index contributed by atoms with van der Waals surface area (Å²) in [6, 6.07) is 14.5. The van der Waals surface area contributed by atoms with Crippen molar-refractivity contribution in [1.29, 1.82) is 0 Å². The Hall–Kier alpha value is -2.19. The molecule has 0 unspecified atom stereocenters. The summed E-state index contributed by atoms with van der Waals surface area (Å²) >= 11 is 5.95. The quantitative estimate of drug-likeness (QED) is 0.847. The summed E-state index contributed by atoms with van der Waals surface area (Å²) in [7, 11) is 0. The van der Waals surface area contributed by atoms with Crippen LogP contribution in [0, 0.1) is 0 Å². The highest BCUT2D eigenvalue weighted by molar-refractivity contribution is 6.30. The molecule has 0 aliphatic heterocycles. The molecule has 104 valence electrons. The first-order valence-electron chi connectivity index (χ1n) is 6.78. The maximum atomic E-state index is 12.4. The lowest BCUT2D eigenvalue weighted by Gasteiger charge is -2.14. The van der Waals surface area contributed by atoms with E-state index in [2.05, 4.69) is 0 Å². The van der Waals surface area contributed by atoms with Gasteiger partial charge in [-0.15, -0.1) is 0 Å². The zero-order valence-corrected chi connectivity index (χ0v) is 12.1. The number of Topliss-reactive ketones (excluding diaryl/α,β-unsaturated/α-hetero) is 1. The van der Waals surface area contributed by atoms with Gasteiger partial charge in [-0.2, -0.15) is 0 Å². The predicted molar refractivity (Wildman–Crippen MR) is 83.0 cm³/mol. The molecule has 0 spiro atoms. The SMILES string of the molecule is O=C1C=C(CCc2cccc(Cl)c2)C(=O)c2ccccc21. The van der Waals surface area contributed by atoms with Crippen LogP contribution >= 0.6 is 11.6 Å². The van der Waals surface area contributed by atoms with Crippen molar-refractivity contribution in [2.24, 2.45) is 0 Å². The molecule has 0 atom stereocenters. The zero-order chi connectivity index (χ0) is 14.8. The van der Waals surface area contributed by atoms with Gasteiger partial charge in [0.15, 0.2) is 11.6 Å². The number of hydrogen-bond acceptors (Lipinski definition) is 2. The van der Waals surface area contributed by atoms with Crippen LogP contribution < -0.4 is 0 Å². The fourth-order valence-electron chi connectivity index (χ4n) is 2.53. The third-order valence-electron chi connectivity index (χ3n) is 3.61. The fraction of sp³-hybridized carbons (Fsp3) is 0.111. The van der Waals surface area contributed by atoms with Gasteiger partial charge in [-0.05, 0) is 36.6 Å². The van der Waals surface area contributed by atoms with Crippen LogP contribution in [0.4, 0.5) is 0 Å². The number of rotatable bonds is 3. The number of carbonyl (C=O) groups is 2. The van der Waals surface area contributed by atoms with Crippen LogP contribution in [0.15, 0.2) is 60.2 Å². The van der Waals surface area contributed by atoms with Crippen molar-refractivity contribution < 1.29 is 9.59 Å². The summed E-state index contributed by atoms with van der Waals surface area (Å²) in [6.45, 7) is 0. The highest BCUT2D eigenvalue weighted by Gasteiger charge is 2.24. The third kappa shape index (κ3) is 2.81. The van der Waals surface area contributed by atoms with Crippen molar-refractivity contribution in [2.75, 3.05) is 0 Å². The van der Waals surface area contributed by atoms with Crippen molar-refractivity contribution in [3.63, 3.8) is 0 Å². The van der Waals surface area contributed by atoms with Crippen LogP contribution in [0.1, 0.15) is 32.7 Å². The van der Waals surface area contributed by atoms with E-state index in [1.807, 2.05) is 24.3 Å². The summed E-state index contributed by atoms with van der Waals surface area (Å²) in [5, 5.41) is 0.679. The van der Waals surface area contributed by atoms with Crippen molar-refractivity contribution >= 4 is 23.2 Å². The number of carbonyl (C=O) groups excluding carboxylic acids is 2. The number of halogens is 1. The maximum absolute atomic E-state index is 12.4. The molecule has 1 aliphatic carbocycles. The number of aryl methyl sites for hydroxylation is 1. The molecule has 0 bridgehead atoms. The Morgan fingerprint density at radius 3 is 2.38 bits per heavy atom. The molecule has 2 aromatic carbocycles. The van der Waals surface area contributed by atoms with Crippen molar-refractivity contribution in [3.8, 4) is 0 Å². The lowest BCUT2D eigenvalue weighted by atomic mass is 9.87. The molecule has 0 fully saturated rings. The van der Waals surface area contributed by atoms with E-state index < -0.39 is 0 Å². The van der Waals surface area contributed by atoms with Gasteiger partial charge in [0.25, 0.3) is 0 Å². The van der Waals surface area contributed by atoms with Gasteiger partial charge < -0.3 is 0 Å². The number of allylic oxidation sites excluding steroid dienone is 2. The molecule has 0 saturated carbocycles. The fourth-order valence-corrected chi connectivity index (χ4v) is 2.74. The Kier molecular flexibility index (Phi) is 3.72. The summed E-state index contributed by atoms with van der Waals surface area (Å²) < 4.78 is 0. The lowest BCUT2D eigenvalue weighted by molar-refractivity contribution is 0.0981. The van der Waals surface area contributed by atoms with Crippen LogP contribution in [0.3, 0.4) is 0 Å². The van der Waals surface area contributed by atoms with Crippen LogP contribution in [-0.2, 0) is 6.42 Å². The van der Waals surface area contributed by atoms with E-state index in [-0.39, 0.29) is 11.6 Å². The highest BCUT2D eigenvalue weighted by Crippen LogP contribution is 2.24. The molecule has 0 aromatic heterocycles. The standard InChI is InChI=1S/C18H13ClO2/c19-14-5-3-4-12(10-14)8-9-13-11-17(20)15-6-1-2-7-16(15)18(13)21/h1-7,10-11H,8-9H2. The van der Waals surface area contributed by atoms with E-state index in [9.17, 15) is 9.59 Å². The molecular formula is C18H13ClO2. The minimum Gasteiger partial charge on any atom is -0.289 e. The smallest absolute Gasteiger partial charge is 0.189 e. The van der Waals surface area contributed by atoms with Crippen molar-refractivity contribution in [2.45, 2.75) is 12.8 Å². The molecule has 0 amide bonds. The number of fused-ring (bicyclic) bond motifs is 1. The molecular weight excluding hydrogens is 284 g/mol. The van der Waals surface area contributed by atoms with Gasteiger partial charge in [0.05, 0.1) is 0 Å². The van der Waals surface area contributed by atoms with E-state index in [4.69, 9.17) is 11.6 Å². The highest BCUT2D eigenvalue weighted by atomic mass is 35.5. The van der Waals surface area contributed by atoms with Gasteiger partial charge in [-0.25, -0.2) is 0 Å². The molecule has 2 nitrogen and oxygen atoms in total. The molecule has 0 radical (unpaired) electrons. The van der Waals surface area contributed by atoms with Crippen LogP contribution in [0.25, 0.3) is 0 Å². The van der Waals surface area contributed by atoms with Crippen LogP contribution in [-0.4, -0.2) is 11.6 Å². The largest absolute Gasteiger partial charge is 0.289 e. The monoisotopic (exact) mass is 296 g/mol. The maximum Gasteiger partial charge on any atom is 0.189 e. The first kappa shape index (κ1) is 13.8. The van der Waals surface area contributed by atoms with E-state index in [0.717, 1.165) is 5.56 Å². The molecule has 2 aromatic rings. The molecule has 0 heterocycles. The van der Waals surface area contributed by atoms with Gasteiger partial charge in [-0.1, -0.05) is 48.0 Å². The van der Waals surface area contributed by atoms with Gasteiger partial charge in [0, 0.05) is 21.7 Å². The molecule has 0 N–H and O–H groups in total. The summed E-state index contributed by atoms with van der Waals surface area (Å²) in [5.74, 6) is -0.140. The molecule has 1 aliphatic rings. The van der Waals surface area contributed by atoms with Gasteiger partial charge in [0.2, 0.25) is 0 Å². The average Bonchev–Trinajstić information content (AvgIpc) is 2.50. The average molecular weight is 297 g/mol. The number of benzene rings is 2. The Balaban J connectivity index is 1.81. The summed E-state index contributed by atoms with van der Waals surface area (Å²) in [5.41, 5.74) is 2.63. The second kappa shape index (κ2) is 5.66. The molecule has 21 heavy (non-hydrogen) atoms. The Morgan fingerprint density at radius 2 is 1.62 bits per heavy atom. The summed E-state index contributed by atoms with van der Waals surface area (Å²) in [4.78, 5) is 24.5. The number of hydrogen-bond donors (Lipinski definition) is 0. The van der Waals surface area contributed by atoms with E-state index in [1.165, 1.54) is 6.08 Å². The molecule has 0 saturated heterocycles. The normalized spacial score (nSPS) is 13.9. The van der Waals surface area contributed by atoms with Crippen molar-refractivity contribution in [3.05, 3.63) is 81.9 Å². The van der Waals surface area contributed by atoms with E-state index >= 15 is 0 Å². The van der Waals surface area contributed by atoms with E-state index in [1.54, 1.807) is 24.3 Å². The molecule has 3 rings (SSSR count). The predicted octanol–water partition coefficient (Wildman–Crippen LogP) is 4.28.